The largest absolute Gasteiger partial charge is 0.484 e. The molecule has 7 nitrogen and oxygen atoms in total. The summed E-state index contributed by atoms with van der Waals surface area (Å²) < 4.78 is 16.5. The van der Waals surface area contributed by atoms with E-state index in [0.29, 0.717) is 37.4 Å². The molecule has 25 heavy (non-hydrogen) atoms. The number of hydrogen-bond acceptors (Lipinski definition) is 7. The number of carbonyl (C=O) groups is 1. The van der Waals surface area contributed by atoms with E-state index in [-0.39, 0.29) is 17.8 Å². The quantitative estimate of drug-likeness (QED) is 0.729. The molecule has 0 spiro atoms. The van der Waals surface area contributed by atoms with E-state index < -0.39 is 0 Å². The summed E-state index contributed by atoms with van der Waals surface area (Å²) >= 11 is 1.26. The van der Waals surface area contributed by atoms with Crippen LogP contribution in [0.15, 0.2) is 33.9 Å². The Morgan fingerprint density at radius 3 is 2.92 bits per heavy atom. The Kier molecular flexibility index (Phi) is 5.93. The van der Waals surface area contributed by atoms with E-state index in [9.17, 15) is 4.79 Å². The number of amides is 1. The van der Waals surface area contributed by atoms with Gasteiger partial charge in [0.25, 0.3) is 11.1 Å². The van der Waals surface area contributed by atoms with Crippen molar-refractivity contribution in [2.45, 2.75) is 30.9 Å². The van der Waals surface area contributed by atoms with Crippen LogP contribution >= 0.6 is 11.8 Å². The van der Waals surface area contributed by atoms with Gasteiger partial charge in [0.05, 0.1) is 18.5 Å². The minimum absolute atomic E-state index is 0.0593. The lowest BCUT2D eigenvalue weighted by atomic mass is 10.2. The molecule has 1 aromatic carbocycles. The Balaban J connectivity index is 1.51. The third-order valence-corrected chi connectivity index (χ3v) is 4.67. The zero-order valence-corrected chi connectivity index (χ0v) is 15.1. The van der Waals surface area contributed by atoms with Crippen molar-refractivity contribution < 1.29 is 18.7 Å². The molecule has 2 aromatic rings. The van der Waals surface area contributed by atoms with E-state index in [4.69, 9.17) is 13.9 Å². The number of aromatic nitrogens is 2. The highest BCUT2D eigenvalue weighted by atomic mass is 32.2. The summed E-state index contributed by atoms with van der Waals surface area (Å²) in [5, 5.41) is 8.04. The van der Waals surface area contributed by atoms with Crippen LogP contribution in [0.25, 0.3) is 0 Å². The van der Waals surface area contributed by atoms with Crippen LogP contribution in [0.1, 0.15) is 18.4 Å². The van der Waals surface area contributed by atoms with Crippen molar-refractivity contribution in [1.82, 2.24) is 15.1 Å². The van der Waals surface area contributed by atoms with Crippen molar-refractivity contribution >= 4 is 17.7 Å². The number of rotatable bonds is 6. The van der Waals surface area contributed by atoms with Gasteiger partial charge in [0.2, 0.25) is 5.91 Å². The van der Waals surface area contributed by atoms with E-state index >= 15 is 0 Å². The summed E-state index contributed by atoms with van der Waals surface area (Å²) in [6.07, 6.45) is 0. The Labute approximate surface area is 150 Å². The van der Waals surface area contributed by atoms with Crippen LogP contribution < -0.4 is 4.74 Å². The standard InChI is InChI=1S/C17H21N3O4S/c1-12-4-3-5-14(10-12)23-11-15-18-19-17(24-15)25-13(2)16(21)20-6-8-22-9-7-20/h3-5,10,13H,6-9,11H2,1-2H3/t13-/m1/s1. The van der Waals surface area contributed by atoms with Gasteiger partial charge in [-0.15, -0.1) is 10.2 Å². The van der Waals surface area contributed by atoms with Gasteiger partial charge in [-0.05, 0) is 31.5 Å². The normalized spacial score (nSPS) is 15.8. The van der Waals surface area contributed by atoms with Crippen molar-refractivity contribution in [3.8, 4) is 5.75 Å². The van der Waals surface area contributed by atoms with Gasteiger partial charge in [-0.25, -0.2) is 0 Å². The van der Waals surface area contributed by atoms with Crippen molar-refractivity contribution in [2.75, 3.05) is 26.3 Å². The van der Waals surface area contributed by atoms with E-state index in [2.05, 4.69) is 10.2 Å². The smallest absolute Gasteiger partial charge is 0.277 e. The SMILES string of the molecule is Cc1cccc(OCc2nnc(S[C@H](C)C(=O)N3CCOCC3)o2)c1. The molecule has 0 unspecified atom stereocenters. The zero-order valence-electron chi connectivity index (χ0n) is 14.3. The highest BCUT2D eigenvalue weighted by Crippen LogP contribution is 2.24. The van der Waals surface area contributed by atoms with E-state index in [1.165, 1.54) is 11.8 Å². The molecule has 1 saturated heterocycles. The number of carbonyl (C=O) groups excluding carboxylic acids is 1. The maximum atomic E-state index is 12.4. The van der Waals surface area contributed by atoms with Crippen LogP contribution in [0.3, 0.4) is 0 Å². The molecule has 1 fully saturated rings. The number of hydrogen-bond donors (Lipinski definition) is 0. The first-order chi connectivity index (χ1) is 12.1. The van der Waals surface area contributed by atoms with Gasteiger partial charge < -0.3 is 18.8 Å². The Bertz CT molecular complexity index is 715. The van der Waals surface area contributed by atoms with Crippen molar-refractivity contribution in [1.29, 1.82) is 0 Å². The van der Waals surface area contributed by atoms with Gasteiger partial charge in [-0.3, -0.25) is 4.79 Å². The molecule has 1 aromatic heterocycles. The van der Waals surface area contributed by atoms with Crippen LogP contribution in [0.2, 0.25) is 0 Å². The summed E-state index contributed by atoms with van der Waals surface area (Å²) in [7, 11) is 0. The second kappa shape index (κ2) is 8.35. The summed E-state index contributed by atoms with van der Waals surface area (Å²) in [6.45, 7) is 6.47. The summed E-state index contributed by atoms with van der Waals surface area (Å²) in [5.74, 6) is 1.20. The van der Waals surface area contributed by atoms with Crippen LogP contribution in [-0.4, -0.2) is 52.6 Å². The van der Waals surface area contributed by atoms with Crippen LogP contribution in [0, 0.1) is 6.92 Å². The first kappa shape index (κ1) is 17.8. The molecule has 0 aliphatic carbocycles. The van der Waals surface area contributed by atoms with E-state index in [0.717, 1.165) is 11.3 Å². The molecule has 8 heteroatoms. The van der Waals surface area contributed by atoms with Crippen LogP contribution in [0.5, 0.6) is 5.75 Å². The van der Waals surface area contributed by atoms with Crippen LogP contribution in [0.4, 0.5) is 0 Å². The molecule has 1 aliphatic heterocycles. The fourth-order valence-corrected chi connectivity index (χ4v) is 3.22. The summed E-state index contributed by atoms with van der Waals surface area (Å²) in [6, 6.07) is 7.75. The zero-order chi connectivity index (χ0) is 17.6. The van der Waals surface area contributed by atoms with Crippen LogP contribution in [-0.2, 0) is 16.1 Å². The highest BCUT2D eigenvalue weighted by Gasteiger charge is 2.25. The van der Waals surface area contributed by atoms with Gasteiger partial charge in [0.15, 0.2) is 6.61 Å². The molecular formula is C17H21N3O4S. The maximum absolute atomic E-state index is 12.4. The molecule has 0 radical (unpaired) electrons. The Hall–Kier alpha value is -2.06. The van der Waals surface area contributed by atoms with Gasteiger partial charge in [-0.1, -0.05) is 23.9 Å². The number of aryl methyl sites for hydroxylation is 1. The number of morpholine rings is 1. The Morgan fingerprint density at radius 2 is 2.16 bits per heavy atom. The molecule has 3 rings (SSSR count). The molecule has 1 aliphatic rings. The fraction of sp³-hybridized carbons (Fsp3) is 0.471. The first-order valence-electron chi connectivity index (χ1n) is 8.17. The molecule has 1 atom stereocenters. The number of benzene rings is 1. The minimum atomic E-state index is -0.288. The molecule has 0 saturated carbocycles. The predicted octanol–water partition coefficient (Wildman–Crippen LogP) is 2.30. The monoisotopic (exact) mass is 363 g/mol. The maximum Gasteiger partial charge on any atom is 0.277 e. The first-order valence-corrected chi connectivity index (χ1v) is 9.05. The highest BCUT2D eigenvalue weighted by molar-refractivity contribution is 8.00. The lowest BCUT2D eigenvalue weighted by Gasteiger charge is -2.28. The van der Waals surface area contributed by atoms with Crippen molar-refractivity contribution in [2.24, 2.45) is 0 Å². The third kappa shape index (κ3) is 4.96. The molecule has 1 amide bonds. The minimum Gasteiger partial charge on any atom is -0.484 e. The molecule has 0 bridgehead atoms. The van der Waals surface area contributed by atoms with Gasteiger partial charge in [0, 0.05) is 13.1 Å². The summed E-state index contributed by atoms with van der Waals surface area (Å²) in [5.41, 5.74) is 1.12. The second-order valence-electron chi connectivity index (χ2n) is 5.76. The second-order valence-corrected chi connectivity index (χ2v) is 7.06. The van der Waals surface area contributed by atoms with Gasteiger partial charge in [0.1, 0.15) is 5.75 Å². The predicted molar refractivity (Wildman–Crippen MR) is 92.5 cm³/mol. The van der Waals surface area contributed by atoms with Gasteiger partial charge in [-0.2, -0.15) is 0 Å². The average Bonchev–Trinajstić information content (AvgIpc) is 3.07. The lowest BCUT2D eigenvalue weighted by Crippen LogP contribution is -2.44. The lowest BCUT2D eigenvalue weighted by molar-refractivity contribution is -0.134. The number of ether oxygens (including phenoxy) is 2. The van der Waals surface area contributed by atoms with E-state index in [1.807, 2.05) is 38.1 Å². The Morgan fingerprint density at radius 1 is 1.36 bits per heavy atom. The average molecular weight is 363 g/mol. The van der Waals surface area contributed by atoms with E-state index in [1.54, 1.807) is 4.90 Å². The fourth-order valence-electron chi connectivity index (χ4n) is 2.44. The summed E-state index contributed by atoms with van der Waals surface area (Å²) in [4.78, 5) is 14.2. The number of thioether (sulfide) groups is 1. The molecule has 134 valence electrons. The number of nitrogens with zero attached hydrogens (tertiary/aromatic N) is 3. The topological polar surface area (TPSA) is 77.7 Å². The molecule has 0 N–H and O–H groups in total. The molecule has 2 heterocycles. The molecular weight excluding hydrogens is 342 g/mol. The van der Waals surface area contributed by atoms with Gasteiger partial charge >= 0.3 is 0 Å². The van der Waals surface area contributed by atoms with Crippen molar-refractivity contribution in [3.63, 3.8) is 0 Å². The third-order valence-electron chi connectivity index (χ3n) is 3.75. The van der Waals surface area contributed by atoms with Crippen molar-refractivity contribution in [3.05, 3.63) is 35.7 Å².